The van der Waals surface area contributed by atoms with Crippen LogP contribution in [-0.2, 0) is 14.3 Å². The molecule has 134 valence electrons. The van der Waals surface area contributed by atoms with Gasteiger partial charge in [-0.1, -0.05) is 6.07 Å². The van der Waals surface area contributed by atoms with Crippen LogP contribution in [0.2, 0.25) is 0 Å². The summed E-state index contributed by atoms with van der Waals surface area (Å²) in [6, 6.07) is 4.75. The van der Waals surface area contributed by atoms with Gasteiger partial charge in [0, 0.05) is 13.1 Å². The van der Waals surface area contributed by atoms with Gasteiger partial charge in [-0.25, -0.2) is 4.99 Å². The van der Waals surface area contributed by atoms with E-state index in [9.17, 15) is 9.59 Å². The molecule has 25 heavy (non-hydrogen) atoms. The standard InChI is InChI=1S/C17H22N4O4/c1-11-3-4-14(24-2)12(9-11)18-16(23)13-10-15(22)20-17(19-13)21-5-7-25-8-6-21/h3-4,9,13H,5-8,10H2,1-2H3,(H,18,23)(H,19,20,22)/t13-/m0/s1. The molecule has 0 spiro atoms. The molecule has 2 aliphatic heterocycles. The predicted molar refractivity (Wildman–Crippen MR) is 92.7 cm³/mol. The Morgan fingerprint density at radius 3 is 2.88 bits per heavy atom. The lowest BCUT2D eigenvalue weighted by Gasteiger charge is -2.32. The Morgan fingerprint density at radius 2 is 2.16 bits per heavy atom. The molecule has 8 nitrogen and oxygen atoms in total. The number of aryl methyl sites for hydroxylation is 1. The number of nitrogens with zero attached hydrogens (tertiary/aromatic N) is 2. The maximum atomic E-state index is 12.6. The van der Waals surface area contributed by atoms with Gasteiger partial charge >= 0.3 is 0 Å². The van der Waals surface area contributed by atoms with Gasteiger partial charge in [0.25, 0.3) is 0 Å². The molecule has 2 aliphatic rings. The van der Waals surface area contributed by atoms with E-state index in [2.05, 4.69) is 15.6 Å². The molecular formula is C17H22N4O4. The Labute approximate surface area is 146 Å². The van der Waals surface area contributed by atoms with Gasteiger partial charge in [0.1, 0.15) is 11.8 Å². The van der Waals surface area contributed by atoms with Crippen LogP contribution in [0.25, 0.3) is 0 Å². The Hall–Kier alpha value is -2.61. The van der Waals surface area contributed by atoms with Crippen LogP contribution in [0.1, 0.15) is 12.0 Å². The molecule has 0 bridgehead atoms. The Kier molecular flexibility index (Phi) is 5.18. The van der Waals surface area contributed by atoms with Gasteiger partial charge in [-0.05, 0) is 24.6 Å². The van der Waals surface area contributed by atoms with Gasteiger partial charge in [-0.3, -0.25) is 14.9 Å². The average molecular weight is 346 g/mol. The third-order valence-corrected chi connectivity index (χ3v) is 4.13. The molecule has 1 saturated heterocycles. The lowest BCUT2D eigenvalue weighted by Crippen LogP contribution is -2.53. The average Bonchev–Trinajstić information content (AvgIpc) is 2.62. The number of anilines is 1. The molecule has 0 aromatic heterocycles. The summed E-state index contributed by atoms with van der Waals surface area (Å²) in [4.78, 5) is 31.0. The molecule has 0 saturated carbocycles. The van der Waals surface area contributed by atoms with Crippen molar-refractivity contribution in [3.05, 3.63) is 23.8 Å². The number of benzene rings is 1. The summed E-state index contributed by atoms with van der Waals surface area (Å²) < 4.78 is 10.6. The largest absolute Gasteiger partial charge is 0.495 e. The van der Waals surface area contributed by atoms with Gasteiger partial charge in [-0.2, -0.15) is 0 Å². The van der Waals surface area contributed by atoms with Crippen molar-refractivity contribution in [3.8, 4) is 5.75 Å². The zero-order valence-electron chi connectivity index (χ0n) is 14.4. The van der Waals surface area contributed by atoms with E-state index < -0.39 is 6.04 Å². The van der Waals surface area contributed by atoms with E-state index >= 15 is 0 Å². The minimum Gasteiger partial charge on any atom is -0.495 e. The van der Waals surface area contributed by atoms with Gasteiger partial charge in [0.2, 0.25) is 17.8 Å². The van der Waals surface area contributed by atoms with Crippen LogP contribution < -0.4 is 15.4 Å². The quantitative estimate of drug-likeness (QED) is 0.832. The van der Waals surface area contributed by atoms with Crippen molar-refractivity contribution in [1.29, 1.82) is 0 Å². The maximum absolute atomic E-state index is 12.6. The van der Waals surface area contributed by atoms with Crippen molar-refractivity contribution in [2.75, 3.05) is 38.7 Å². The van der Waals surface area contributed by atoms with Crippen LogP contribution >= 0.6 is 0 Å². The highest BCUT2D eigenvalue weighted by Gasteiger charge is 2.30. The summed E-state index contributed by atoms with van der Waals surface area (Å²) >= 11 is 0. The molecule has 0 radical (unpaired) electrons. The highest BCUT2D eigenvalue weighted by Crippen LogP contribution is 2.25. The number of amides is 2. The van der Waals surface area contributed by atoms with E-state index in [1.165, 1.54) is 0 Å². The van der Waals surface area contributed by atoms with Crippen molar-refractivity contribution in [1.82, 2.24) is 10.2 Å². The van der Waals surface area contributed by atoms with Crippen LogP contribution in [0.4, 0.5) is 5.69 Å². The minimum atomic E-state index is -0.767. The van der Waals surface area contributed by atoms with Gasteiger partial charge in [-0.15, -0.1) is 0 Å². The third kappa shape index (κ3) is 4.08. The van der Waals surface area contributed by atoms with Crippen LogP contribution in [0.15, 0.2) is 23.2 Å². The summed E-state index contributed by atoms with van der Waals surface area (Å²) in [5.41, 5.74) is 1.57. The second-order valence-corrected chi connectivity index (χ2v) is 6.01. The smallest absolute Gasteiger partial charge is 0.249 e. The zero-order chi connectivity index (χ0) is 17.8. The molecule has 1 fully saturated rings. The summed E-state index contributed by atoms with van der Waals surface area (Å²) in [7, 11) is 1.54. The van der Waals surface area contributed by atoms with Crippen molar-refractivity contribution in [2.24, 2.45) is 4.99 Å². The van der Waals surface area contributed by atoms with Crippen molar-refractivity contribution < 1.29 is 19.1 Å². The van der Waals surface area contributed by atoms with Gasteiger partial charge < -0.3 is 19.7 Å². The number of ether oxygens (including phenoxy) is 2. The fourth-order valence-electron chi connectivity index (χ4n) is 2.80. The fraction of sp³-hybridized carbons (Fsp3) is 0.471. The molecule has 2 N–H and O–H groups in total. The molecule has 3 rings (SSSR count). The SMILES string of the molecule is COc1ccc(C)cc1NC(=O)[C@@H]1CC(=O)NC(N2CCOCC2)=N1. The van der Waals surface area contributed by atoms with Crippen molar-refractivity contribution in [3.63, 3.8) is 0 Å². The number of methoxy groups -OCH3 is 1. The minimum absolute atomic E-state index is 0.0216. The first-order valence-electron chi connectivity index (χ1n) is 8.22. The Bertz CT molecular complexity index is 698. The lowest BCUT2D eigenvalue weighted by atomic mass is 10.1. The first-order chi connectivity index (χ1) is 12.1. The number of guanidine groups is 1. The second kappa shape index (κ2) is 7.52. The monoisotopic (exact) mass is 346 g/mol. The number of nitrogens with one attached hydrogen (secondary N) is 2. The normalized spacial score (nSPS) is 20.6. The van der Waals surface area contributed by atoms with Gasteiger partial charge in [0.15, 0.2) is 0 Å². The van der Waals surface area contributed by atoms with Crippen LogP contribution in [0.3, 0.4) is 0 Å². The number of hydrogen-bond donors (Lipinski definition) is 2. The number of aliphatic imine (C=N–C) groups is 1. The molecule has 0 aliphatic carbocycles. The maximum Gasteiger partial charge on any atom is 0.249 e. The van der Waals surface area contributed by atoms with E-state index in [1.807, 2.05) is 24.0 Å². The first kappa shape index (κ1) is 17.2. The second-order valence-electron chi connectivity index (χ2n) is 6.01. The molecule has 1 atom stereocenters. The van der Waals surface area contributed by atoms with Gasteiger partial charge in [0.05, 0.1) is 32.4 Å². The number of morpholine rings is 1. The first-order valence-corrected chi connectivity index (χ1v) is 8.22. The highest BCUT2D eigenvalue weighted by atomic mass is 16.5. The van der Waals surface area contributed by atoms with Crippen LogP contribution in [-0.4, -0.2) is 62.1 Å². The summed E-state index contributed by atoms with van der Waals surface area (Å²) in [5, 5.41) is 5.57. The number of carbonyl (C=O) groups excluding carboxylic acids is 2. The van der Waals surface area contributed by atoms with E-state index in [0.717, 1.165) is 5.56 Å². The lowest BCUT2D eigenvalue weighted by molar-refractivity contribution is -0.125. The van der Waals surface area contributed by atoms with Crippen LogP contribution in [0, 0.1) is 6.92 Å². The molecule has 2 amide bonds. The van der Waals surface area contributed by atoms with E-state index in [-0.39, 0.29) is 18.2 Å². The molecular weight excluding hydrogens is 324 g/mol. The Morgan fingerprint density at radius 1 is 1.40 bits per heavy atom. The zero-order valence-corrected chi connectivity index (χ0v) is 14.4. The highest BCUT2D eigenvalue weighted by molar-refractivity contribution is 6.06. The molecule has 2 heterocycles. The molecule has 1 aromatic rings. The van der Waals surface area contributed by atoms with Crippen LogP contribution in [0.5, 0.6) is 5.75 Å². The van der Waals surface area contributed by atoms with E-state index in [1.54, 1.807) is 13.2 Å². The van der Waals surface area contributed by atoms with Crippen molar-refractivity contribution >= 4 is 23.5 Å². The molecule has 8 heteroatoms. The number of rotatable bonds is 3. The topological polar surface area (TPSA) is 92.3 Å². The fourth-order valence-corrected chi connectivity index (χ4v) is 2.80. The number of hydrogen-bond acceptors (Lipinski definition) is 6. The predicted octanol–water partition coefficient (Wildman–Crippen LogP) is 0.519. The third-order valence-electron chi connectivity index (χ3n) is 4.13. The summed E-state index contributed by atoms with van der Waals surface area (Å²) in [6.45, 7) is 4.36. The van der Waals surface area contributed by atoms with E-state index in [0.29, 0.717) is 43.7 Å². The molecule has 1 aromatic carbocycles. The van der Waals surface area contributed by atoms with E-state index in [4.69, 9.17) is 9.47 Å². The van der Waals surface area contributed by atoms with Crippen molar-refractivity contribution in [2.45, 2.75) is 19.4 Å². The summed E-state index contributed by atoms with van der Waals surface area (Å²) in [6.07, 6.45) is 0.0216. The summed E-state index contributed by atoms with van der Waals surface area (Å²) in [5.74, 6) is 0.463. The Balaban J connectivity index is 1.76. The number of carbonyl (C=O) groups is 2. The molecule has 0 unspecified atom stereocenters.